The SMILES string of the molecule is CN(Cc1nccn1C(F)F)C(=O)Cc1c(Cl)cccc1Cl. The van der Waals surface area contributed by atoms with Crippen molar-refractivity contribution in [1.82, 2.24) is 14.5 Å². The maximum absolute atomic E-state index is 12.7. The zero-order chi connectivity index (χ0) is 16.3. The fourth-order valence-electron chi connectivity index (χ4n) is 1.93. The van der Waals surface area contributed by atoms with Gasteiger partial charge in [0.2, 0.25) is 5.91 Å². The Kier molecular flexibility index (Phi) is 5.37. The van der Waals surface area contributed by atoms with E-state index < -0.39 is 6.55 Å². The third kappa shape index (κ3) is 3.75. The average Bonchev–Trinajstić information content (AvgIpc) is 2.91. The number of hydrogen-bond donors (Lipinski definition) is 0. The van der Waals surface area contributed by atoms with E-state index in [-0.39, 0.29) is 24.7 Å². The lowest BCUT2D eigenvalue weighted by Crippen LogP contribution is -2.29. The normalized spacial score (nSPS) is 11.0. The number of halogens is 4. The Bertz CT molecular complexity index is 656. The van der Waals surface area contributed by atoms with Crippen LogP contribution in [0.25, 0.3) is 0 Å². The number of likely N-dealkylation sites (N-methyl/N-ethyl adjacent to an activating group) is 1. The zero-order valence-corrected chi connectivity index (χ0v) is 13.2. The predicted octanol–water partition coefficient (Wildman–Crippen LogP) is 3.79. The second kappa shape index (κ2) is 7.07. The van der Waals surface area contributed by atoms with Crippen LogP contribution in [0, 0.1) is 0 Å². The summed E-state index contributed by atoms with van der Waals surface area (Å²) in [5.41, 5.74) is 0.514. The Morgan fingerprint density at radius 1 is 1.36 bits per heavy atom. The molecule has 0 spiro atoms. The van der Waals surface area contributed by atoms with Crippen LogP contribution in [0.1, 0.15) is 17.9 Å². The molecule has 1 amide bonds. The molecule has 0 unspecified atom stereocenters. The van der Waals surface area contributed by atoms with Crippen molar-refractivity contribution in [2.75, 3.05) is 7.05 Å². The fraction of sp³-hybridized carbons (Fsp3) is 0.286. The number of hydrogen-bond acceptors (Lipinski definition) is 2. The third-order valence-corrected chi connectivity index (χ3v) is 3.86. The van der Waals surface area contributed by atoms with Gasteiger partial charge in [-0.05, 0) is 17.7 Å². The van der Waals surface area contributed by atoms with Gasteiger partial charge in [0, 0.05) is 29.5 Å². The zero-order valence-electron chi connectivity index (χ0n) is 11.6. The summed E-state index contributed by atoms with van der Waals surface area (Å²) in [5, 5.41) is 0.784. The van der Waals surface area contributed by atoms with Gasteiger partial charge in [-0.15, -0.1) is 0 Å². The lowest BCUT2D eigenvalue weighted by Gasteiger charge is -2.18. The maximum Gasteiger partial charge on any atom is 0.319 e. The van der Waals surface area contributed by atoms with E-state index in [0.717, 1.165) is 0 Å². The number of amides is 1. The summed E-state index contributed by atoms with van der Waals surface area (Å²) < 4.78 is 26.2. The van der Waals surface area contributed by atoms with E-state index in [1.165, 1.54) is 24.3 Å². The van der Waals surface area contributed by atoms with E-state index in [9.17, 15) is 13.6 Å². The number of carbonyl (C=O) groups is 1. The van der Waals surface area contributed by atoms with Crippen molar-refractivity contribution in [2.45, 2.75) is 19.5 Å². The summed E-state index contributed by atoms with van der Waals surface area (Å²) in [7, 11) is 1.51. The highest BCUT2D eigenvalue weighted by atomic mass is 35.5. The van der Waals surface area contributed by atoms with Crippen molar-refractivity contribution < 1.29 is 13.6 Å². The number of carbonyl (C=O) groups excluding carboxylic acids is 1. The summed E-state index contributed by atoms with van der Waals surface area (Å²) in [4.78, 5) is 17.4. The molecule has 22 heavy (non-hydrogen) atoms. The molecule has 0 N–H and O–H groups in total. The second-order valence-electron chi connectivity index (χ2n) is 4.66. The standard InChI is InChI=1S/C14H13Cl2F2N3O/c1-20(8-12-19-5-6-21(12)14(17)18)13(22)7-9-10(15)3-2-4-11(9)16/h2-6,14H,7-8H2,1H3. The molecule has 0 bridgehead atoms. The Morgan fingerprint density at radius 2 is 2.00 bits per heavy atom. The minimum absolute atomic E-state index is 0.00953. The van der Waals surface area contributed by atoms with Crippen molar-refractivity contribution in [3.8, 4) is 0 Å². The lowest BCUT2D eigenvalue weighted by molar-refractivity contribution is -0.129. The second-order valence-corrected chi connectivity index (χ2v) is 5.47. The van der Waals surface area contributed by atoms with Gasteiger partial charge >= 0.3 is 6.55 Å². The first kappa shape index (κ1) is 16.7. The van der Waals surface area contributed by atoms with E-state index in [1.54, 1.807) is 18.2 Å². The minimum atomic E-state index is -2.70. The van der Waals surface area contributed by atoms with Crippen LogP contribution < -0.4 is 0 Å². The predicted molar refractivity (Wildman–Crippen MR) is 80.1 cm³/mol. The van der Waals surface area contributed by atoms with Crippen LogP contribution in [0.3, 0.4) is 0 Å². The molecule has 1 heterocycles. The number of aromatic nitrogens is 2. The molecule has 0 saturated carbocycles. The number of nitrogens with zero attached hydrogens (tertiary/aromatic N) is 3. The van der Waals surface area contributed by atoms with E-state index in [2.05, 4.69) is 4.98 Å². The highest BCUT2D eigenvalue weighted by Crippen LogP contribution is 2.25. The number of benzene rings is 1. The van der Waals surface area contributed by atoms with Crippen molar-refractivity contribution in [2.24, 2.45) is 0 Å². The van der Waals surface area contributed by atoms with Crippen LogP contribution in [-0.4, -0.2) is 27.4 Å². The lowest BCUT2D eigenvalue weighted by atomic mass is 10.1. The topological polar surface area (TPSA) is 38.1 Å². The van der Waals surface area contributed by atoms with Gasteiger partial charge in [-0.1, -0.05) is 29.3 Å². The van der Waals surface area contributed by atoms with Crippen LogP contribution in [-0.2, 0) is 17.8 Å². The van der Waals surface area contributed by atoms with Crippen LogP contribution in [0.2, 0.25) is 10.0 Å². The molecular weight excluding hydrogens is 335 g/mol. The number of alkyl halides is 2. The monoisotopic (exact) mass is 347 g/mol. The van der Waals surface area contributed by atoms with Crippen LogP contribution in [0.4, 0.5) is 8.78 Å². The summed E-state index contributed by atoms with van der Waals surface area (Å²) in [5.74, 6) is -0.185. The van der Waals surface area contributed by atoms with E-state index in [4.69, 9.17) is 23.2 Å². The summed E-state index contributed by atoms with van der Waals surface area (Å²) in [6, 6.07) is 4.96. The van der Waals surface area contributed by atoms with Crippen molar-refractivity contribution >= 4 is 29.1 Å². The maximum atomic E-state index is 12.7. The van der Waals surface area contributed by atoms with Crippen molar-refractivity contribution in [1.29, 1.82) is 0 Å². The van der Waals surface area contributed by atoms with Crippen LogP contribution in [0.15, 0.2) is 30.6 Å². The molecule has 0 atom stereocenters. The molecule has 2 rings (SSSR count). The number of imidazole rings is 1. The summed E-state index contributed by atoms with van der Waals surface area (Å²) >= 11 is 12.0. The van der Waals surface area contributed by atoms with Gasteiger partial charge in [-0.3, -0.25) is 9.36 Å². The highest BCUT2D eigenvalue weighted by molar-refractivity contribution is 6.36. The summed E-state index contributed by atoms with van der Waals surface area (Å²) in [6.45, 7) is -2.72. The van der Waals surface area contributed by atoms with Crippen LogP contribution in [0.5, 0.6) is 0 Å². The molecule has 0 aliphatic heterocycles. The quantitative estimate of drug-likeness (QED) is 0.825. The van der Waals surface area contributed by atoms with Gasteiger partial charge in [0.05, 0.1) is 13.0 Å². The smallest absolute Gasteiger partial charge is 0.319 e. The Labute approximate surface area is 136 Å². The Morgan fingerprint density at radius 3 is 2.59 bits per heavy atom. The van der Waals surface area contributed by atoms with Gasteiger partial charge in [-0.25, -0.2) is 4.98 Å². The molecule has 2 aromatic rings. The molecule has 4 nitrogen and oxygen atoms in total. The van der Waals surface area contributed by atoms with E-state index in [0.29, 0.717) is 20.2 Å². The minimum Gasteiger partial charge on any atom is -0.338 e. The van der Waals surface area contributed by atoms with Crippen molar-refractivity contribution in [3.05, 3.63) is 52.0 Å². The molecule has 1 aromatic carbocycles. The molecular formula is C14H13Cl2F2N3O. The first-order valence-electron chi connectivity index (χ1n) is 6.37. The van der Waals surface area contributed by atoms with Gasteiger partial charge < -0.3 is 4.90 Å². The Hall–Kier alpha value is -1.66. The summed E-state index contributed by atoms with van der Waals surface area (Å²) in [6.07, 6.45) is 2.43. The van der Waals surface area contributed by atoms with Gasteiger partial charge in [0.1, 0.15) is 5.82 Å². The fourth-order valence-corrected chi connectivity index (χ4v) is 2.46. The van der Waals surface area contributed by atoms with Gasteiger partial charge in [0.25, 0.3) is 0 Å². The number of rotatable bonds is 5. The molecule has 0 aliphatic rings. The molecule has 0 fully saturated rings. The van der Waals surface area contributed by atoms with Gasteiger partial charge in [0.15, 0.2) is 0 Å². The largest absolute Gasteiger partial charge is 0.338 e. The average molecular weight is 348 g/mol. The molecule has 0 radical (unpaired) electrons. The van der Waals surface area contributed by atoms with Crippen LogP contribution >= 0.6 is 23.2 Å². The molecule has 118 valence electrons. The van der Waals surface area contributed by atoms with E-state index >= 15 is 0 Å². The Balaban J connectivity index is 2.08. The van der Waals surface area contributed by atoms with Gasteiger partial charge in [-0.2, -0.15) is 8.78 Å². The first-order chi connectivity index (χ1) is 10.4. The van der Waals surface area contributed by atoms with Crippen molar-refractivity contribution in [3.63, 3.8) is 0 Å². The molecule has 1 aromatic heterocycles. The molecule has 0 saturated heterocycles. The molecule has 8 heteroatoms. The molecule has 0 aliphatic carbocycles. The van der Waals surface area contributed by atoms with E-state index in [1.807, 2.05) is 0 Å². The first-order valence-corrected chi connectivity index (χ1v) is 7.12. The third-order valence-electron chi connectivity index (χ3n) is 3.15. The highest BCUT2D eigenvalue weighted by Gasteiger charge is 2.18.